The molecule has 1 saturated heterocycles. The highest BCUT2D eigenvalue weighted by Crippen LogP contribution is 2.21. The predicted octanol–water partition coefficient (Wildman–Crippen LogP) is 4.71. The minimum atomic E-state index is 0.110. The SMILES string of the molecule is CC(C)c1ccc(-c2noc(CNc3ccc(C(=O)N4CCCC4)cc3)n2)cc1. The summed E-state index contributed by atoms with van der Waals surface area (Å²) in [5.41, 5.74) is 3.85. The molecule has 2 aromatic carbocycles. The van der Waals surface area contributed by atoms with E-state index in [2.05, 4.69) is 41.4 Å². The van der Waals surface area contributed by atoms with Crippen molar-refractivity contribution < 1.29 is 9.32 Å². The Kier molecular flexibility index (Phi) is 5.60. The van der Waals surface area contributed by atoms with E-state index in [4.69, 9.17) is 4.52 Å². The second-order valence-electron chi connectivity index (χ2n) is 7.72. The molecule has 1 amide bonds. The third-order valence-electron chi connectivity index (χ3n) is 5.27. The first-order valence-corrected chi connectivity index (χ1v) is 10.2. The molecule has 6 nitrogen and oxygen atoms in total. The number of nitrogens with zero attached hydrogens (tertiary/aromatic N) is 3. The van der Waals surface area contributed by atoms with E-state index >= 15 is 0 Å². The van der Waals surface area contributed by atoms with Gasteiger partial charge < -0.3 is 14.7 Å². The van der Waals surface area contributed by atoms with Gasteiger partial charge in [0.2, 0.25) is 11.7 Å². The minimum Gasteiger partial charge on any atom is -0.376 e. The minimum absolute atomic E-state index is 0.110. The highest BCUT2D eigenvalue weighted by atomic mass is 16.5. The number of anilines is 1. The highest BCUT2D eigenvalue weighted by Gasteiger charge is 2.19. The summed E-state index contributed by atoms with van der Waals surface area (Å²) in [5.74, 6) is 1.71. The fourth-order valence-corrected chi connectivity index (χ4v) is 3.47. The number of rotatable bonds is 6. The standard InChI is InChI=1S/C23H26N4O2/c1-16(2)17-5-7-18(8-6-17)22-25-21(29-26-22)15-24-20-11-9-19(10-12-20)23(28)27-13-3-4-14-27/h5-12,16,24H,3-4,13-15H2,1-2H3. The van der Waals surface area contributed by atoms with Crippen molar-refractivity contribution in [2.24, 2.45) is 0 Å². The molecular formula is C23H26N4O2. The second-order valence-corrected chi connectivity index (χ2v) is 7.72. The van der Waals surface area contributed by atoms with Crippen LogP contribution in [-0.2, 0) is 6.54 Å². The molecule has 1 aliphatic rings. The molecule has 0 bridgehead atoms. The van der Waals surface area contributed by atoms with Crippen LogP contribution in [-0.4, -0.2) is 34.0 Å². The Morgan fingerprint density at radius 3 is 2.41 bits per heavy atom. The summed E-state index contributed by atoms with van der Waals surface area (Å²) in [6.07, 6.45) is 2.19. The molecule has 4 rings (SSSR count). The molecule has 2 heterocycles. The van der Waals surface area contributed by atoms with E-state index in [1.54, 1.807) is 0 Å². The van der Waals surface area contributed by atoms with Gasteiger partial charge in [-0.3, -0.25) is 4.79 Å². The summed E-state index contributed by atoms with van der Waals surface area (Å²) in [6.45, 7) is 6.48. The first kappa shape index (κ1) is 19.2. The number of likely N-dealkylation sites (tertiary alicyclic amines) is 1. The summed E-state index contributed by atoms with van der Waals surface area (Å²) in [5, 5.41) is 7.34. The van der Waals surface area contributed by atoms with Gasteiger partial charge >= 0.3 is 0 Å². The van der Waals surface area contributed by atoms with Gasteiger partial charge in [0, 0.05) is 29.9 Å². The molecule has 1 N–H and O–H groups in total. The molecule has 0 spiro atoms. The van der Waals surface area contributed by atoms with Crippen molar-refractivity contribution in [1.82, 2.24) is 15.0 Å². The van der Waals surface area contributed by atoms with Gasteiger partial charge in [0.25, 0.3) is 5.91 Å². The molecule has 0 aliphatic carbocycles. The van der Waals surface area contributed by atoms with Crippen LogP contribution in [0.15, 0.2) is 53.1 Å². The lowest BCUT2D eigenvalue weighted by molar-refractivity contribution is 0.0793. The van der Waals surface area contributed by atoms with Gasteiger partial charge in [0.15, 0.2) is 0 Å². The van der Waals surface area contributed by atoms with E-state index in [-0.39, 0.29) is 5.91 Å². The smallest absolute Gasteiger partial charge is 0.253 e. The normalized spacial score (nSPS) is 13.8. The molecule has 29 heavy (non-hydrogen) atoms. The van der Waals surface area contributed by atoms with Gasteiger partial charge in [-0.1, -0.05) is 43.3 Å². The maximum atomic E-state index is 12.4. The fourth-order valence-electron chi connectivity index (χ4n) is 3.47. The van der Waals surface area contributed by atoms with Crippen molar-refractivity contribution in [3.63, 3.8) is 0 Å². The van der Waals surface area contributed by atoms with Crippen LogP contribution in [0.2, 0.25) is 0 Å². The molecule has 0 unspecified atom stereocenters. The predicted molar refractivity (Wildman–Crippen MR) is 113 cm³/mol. The fraction of sp³-hybridized carbons (Fsp3) is 0.348. The van der Waals surface area contributed by atoms with Crippen molar-refractivity contribution in [3.8, 4) is 11.4 Å². The lowest BCUT2D eigenvalue weighted by Crippen LogP contribution is -2.27. The molecule has 1 aromatic heterocycles. The summed E-state index contributed by atoms with van der Waals surface area (Å²) in [7, 11) is 0. The Labute approximate surface area is 170 Å². The number of carbonyl (C=O) groups excluding carboxylic acids is 1. The van der Waals surface area contributed by atoms with Gasteiger partial charge in [0.1, 0.15) is 0 Å². The first-order chi connectivity index (χ1) is 14.1. The maximum absolute atomic E-state index is 12.4. The van der Waals surface area contributed by atoms with Crippen LogP contribution in [0.3, 0.4) is 0 Å². The van der Waals surface area contributed by atoms with Crippen molar-refractivity contribution in [2.45, 2.75) is 39.2 Å². The number of aromatic nitrogens is 2. The van der Waals surface area contributed by atoms with Crippen molar-refractivity contribution in [2.75, 3.05) is 18.4 Å². The van der Waals surface area contributed by atoms with Crippen LogP contribution in [0, 0.1) is 0 Å². The van der Waals surface area contributed by atoms with Gasteiger partial charge in [-0.25, -0.2) is 0 Å². The van der Waals surface area contributed by atoms with E-state index < -0.39 is 0 Å². The van der Waals surface area contributed by atoms with Crippen LogP contribution >= 0.6 is 0 Å². The molecular weight excluding hydrogens is 364 g/mol. The van der Waals surface area contributed by atoms with Crippen LogP contribution in [0.25, 0.3) is 11.4 Å². The average molecular weight is 390 g/mol. The largest absolute Gasteiger partial charge is 0.376 e. The molecule has 0 radical (unpaired) electrons. The molecule has 0 atom stereocenters. The Morgan fingerprint density at radius 2 is 1.76 bits per heavy atom. The van der Waals surface area contributed by atoms with Crippen LogP contribution in [0.1, 0.15) is 54.4 Å². The highest BCUT2D eigenvalue weighted by molar-refractivity contribution is 5.94. The van der Waals surface area contributed by atoms with E-state index in [1.165, 1.54) is 5.56 Å². The lowest BCUT2D eigenvalue weighted by Gasteiger charge is -2.15. The molecule has 3 aromatic rings. The van der Waals surface area contributed by atoms with E-state index in [9.17, 15) is 4.79 Å². The van der Waals surface area contributed by atoms with Crippen LogP contribution in [0.5, 0.6) is 0 Å². The Morgan fingerprint density at radius 1 is 1.07 bits per heavy atom. The molecule has 1 aliphatic heterocycles. The van der Waals surface area contributed by atoms with Crippen molar-refractivity contribution >= 4 is 11.6 Å². The summed E-state index contributed by atoms with van der Waals surface area (Å²) >= 11 is 0. The maximum Gasteiger partial charge on any atom is 0.253 e. The number of benzene rings is 2. The van der Waals surface area contributed by atoms with E-state index in [0.29, 0.717) is 24.2 Å². The quantitative estimate of drug-likeness (QED) is 0.660. The zero-order valence-corrected chi connectivity index (χ0v) is 16.9. The number of hydrogen-bond donors (Lipinski definition) is 1. The van der Waals surface area contributed by atoms with Gasteiger partial charge in [-0.2, -0.15) is 4.98 Å². The Balaban J connectivity index is 1.35. The summed E-state index contributed by atoms with van der Waals surface area (Å²) < 4.78 is 5.36. The Hall–Kier alpha value is -3.15. The second kappa shape index (κ2) is 8.47. The third-order valence-corrected chi connectivity index (χ3v) is 5.27. The van der Waals surface area contributed by atoms with Gasteiger partial charge in [-0.15, -0.1) is 0 Å². The monoisotopic (exact) mass is 390 g/mol. The first-order valence-electron chi connectivity index (χ1n) is 10.2. The Bertz CT molecular complexity index is 955. The number of carbonyl (C=O) groups is 1. The number of nitrogens with one attached hydrogen (secondary N) is 1. The van der Waals surface area contributed by atoms with Crippen LogP contribution < -0.4 is 5.32 Å². The zero-order valence-electron chi connectivity index (χ0n) is 16.9. The number of hydrogen-bond acceptors (Lipinski definition) is 5. The van der Waals surface area contributed by atoms with Gasteiger partial charge in [0.05, 0.1) is 6.54 Å². The molecule has 0 saturated carbocycles. The summed E-state index contributed by atoms with van der Waals surface area (Å²) in [4.78, 5) is 18.8. The average Bonchev–Trinajstić information content (AvgIpc) is 3.44. The van der Waals surface area contributed by atoms with Crippen molar-refractivity contribution in [3.05, 3.63) is 65.5 Å². The topological polar surface area (TPSA) is 71.3 Å². The lowest BCUT2D eigenvalue weighted by atomic mass is 10.0. The zero-order chi connectivity index (χ0) is 20.2. The summed E-state index contributed by atoms with van der Waals surface area (Å²) in [6, 6.07) is 15.8. The van der Waals surface area contributed by atoms with Crippen LogP contribution in [0.4, 0.5) is 5.69 Å². The third kappa shape index (κ3) is 4.47. The molecule has 150 valence electrons. The molecule has 1 fully saturated rings. The van der Waals surface area contributed by atoms with Gasteiger partial charge in [-0.05, 0) is 48.6 Å². The van der Waals surface area contributed by atoms with E-state index in [0.717, 1.165) is 42.7 Å². The molecule has 6 heteroatoms. The van der Waals surface area contributed by atoms with E-state index in [1.807, 2.05) is 41.3 Å². The van der Waals surface area contributed by atoms with Crippen molar-refractivity contribution in [1.29, 1.82) is 0 Å². The number of amides is 1.